The Bertz CT molecular complexity index is 1730. The summed E-state index contributed by atoms with van der Waals surface area (Å²) in [6.45, 7) is 4.44. The Morgan fingerprint density at radius 1 is 1.02 bits per heavy atom. The number of para-hydroxylation sites is 1. The molecule has 224 valence electrons. The number of esters is 2. The number of benzene rings is 3. The number of alkyl halides is 3. The number of hydrogen-bond donors (Lipinski definition) is 2. The van der Waals surface area contributed by atoms with E-state index in [9.17, 15) is 32.7 Å². The standard InChI is InChI=1S/C32H29F3N2O6/c1-19-16-23(20(2)36-25-11-7-6-10-22(25)29(39)43-30(40)32(33,34)35)28-24(17-19)26(38)18-27(42-28)37-14-12-31(41,13-15-37)21-8-4-3-5-9-21/h3-11,16-18,20,36,41H,12-15H2,1-2H3. The lowest BCUT2D eigenvalue weighted by Crippen LogP contribution is -2.42. The number of nitrogens with zero attached hydrogens (tertiary/aromatic N) is 1. The number of hydrogen-bond acceptors (Lipinski definition) is 8. The van der Waals surface area contributed by atoms with Crippen LogP contribution in [0.25, 0.3) is 11.0 Å². The number of carbonyl (C=O) groups excluding carboxylic acids is 2. The normalized spacial score (nSPS) is 15.6. The van der Waals surface area contributed by atoms with E-state index in [0.717, 1.165) is 11.1 Å². The number of halogens is 3. The van der Waals surface area contributed by atoms with Crippen molar-refractivity contribution in [1.29, 1.82) is 0 Å². The molecule has 1 aliphatic heterocycles. The average Bonchev–Trinajstić information content (AvgIpc) is 2.97. The molecule has 8 nitrogen and oxygen atoms in total. The Morgan fingerprint density at radius 3 is 2.35 bits per heavy atom. The molecule has 43 heavy (non-hydrogen) atoms. The third kappa shape index (κ3) is 6.26. The van der Waals surface area contributed by atoms with Gasteiger partial charge in [0, 0.05) is 30.4 Å². The van der Waals surface area contributed by atoms with Gasteiger partial charge >= 0.3 is 18.1 Å². The zero-order valence-corrected chi connectivity index (χ0v) is 23.4. The van der Waals surface area contributed by atoms with E-state index >= 15 is 0 Å². The Balaban J connectivity index is 1.43. The van der Waals surface area contributed by atoms with Crippen LogP contribution < -0.4 is 15.6 Å². The van der Waals surface area contributed by atoms with Gasteiger partial charge in [-0.05, 0) is 56.0 Å². The summed E-state index contributed by atoms with van der Waals surface area (Å²) in [6, 6.07) is 19.5. The fourth-order valence-corrected chi connectivity index (χ4v) is 5.33. The summed E-state index contributed by atoms with van der Waals surface area (Å²) in [7, 11) is 0. The van der Waals surface area contributed by atoms with Gasteiger partial charge in [-0.2, -0.15) is 13.2 Å². The monoisotopic (exact) mass is 594 g/mol. The van der Waals surface area contributed by atoms with Gasteiger partial charge in [-0.25, -0.2) is 9.59 Å². The zero-order valence-electron chi connectivity index (χ0n) is 23.4. The molecule has 0 aliphatic carbocycles. The van der Waals surface area contributed by atoms with Crippen molar-refractivity contribution in [2.45, 2.75) is 44.5 Å². The van der Waals surface area contributed by atoms with Crippen LogP contribution in [-0.2, 0) is 15.1 Å². The average molecular weight is 595 g/mol. The fraction of sp³-hybridized carbons (Fsp3) is 0.281. The van der Waals surface area contributed by atoms with Crippen molar-refractivity contribution < 1.29 is 37.0 Å². The number of piperidine rings is 1. The van der Waals surface area contributed by atoms with Crippen molar-refractivity contribution in [3.05, 3.63) is 105 Å². The van der Waals surface area contributed by atoms with E-state index in [-0.39, 0.29) is 16.7 Å². The molecule has 1 aromatic heterocycles. The second kappa shape index (κ2) is 11.6. The van der Waals surface area contributed by atoms with E-state index in [1.807, 2.05) is 48.2 Å². The largest absolute Gasteiger partial charge is 0.491 e. The highest BCUT2D eigenvalue weighted by molar-refractivity contribution is 6.02. The second-order valence-corrected chi connectivity index (χ2v) is 10.7. The van der Waals surface area contributed by atoms with Crippen LogP contribution in [0.4, 0.5) is 24.7 Å². The van der Waals surface area contributed by atoms with Crippen LogP contribution >= 0.6 is 0 Å². The highest BCUT2D eigenvalue weighted by Crippen LogP contribution is 2.36. The topological polar surface area (TPSA) is 109 Å². The Morgan fingerprint density at radius 2 is 1.67 bits per heavy atom. The number of anilines is 2. The van der Waals surface area contributed by atoms with E-state index in [1.54, 1.807) is 19.1 Å². The van der Waals surface area contributed by atoms with E-state index in [1.165, 1.54) is 24.3 Å². The molecule has 0 spiro atoms. The molecule has 1 aliphatic rings. The minimum Gasteiger partial charge on any atom is -0.440 e. The van der Waals surface area contributed by atoms with Gasteiger partial charge in [-0.1, -0.05) is 48.5 Å². The zero-order chi connectivity index (χ0) is 30.9. The highest BCUT2D eigenvalue weighted by atomic mass is 19.4. The molecule has 1 atom stereocenters. The number of ether oxygens (including phenoxy) is 1. The van der Waals surface area contributed by atoms with Crippen LogP contribution in [0.2, 0.25) is 0 Å². The molecule has 1 saturated heterocycles. The molecule has 11 heteroatoms. The summed E-state index contributed by atoms with van der Waals surface area (Å²) in [4.78, 5) is 38.9. The molecular weight excluding hydrogens is 565 g/mol. The van der Waals surface area contributed by atoms with Crippen molar-refractivity contribution in [3.63, 3.8) is 0 Å². The molecule has 0 bridgehead atoms. The summed E-state index contributed by atoms with van der Waals surface area (Å²) in [5.74, 6) is -3.72. The second-order valence-electron chi connectivity index (χ2n) is 10.7. The Hall–Kier alpha value is -4.64. The maximum absolute atomic E-state index is 13.3. The van der Waals surface area contributed by atoms with Crippen molar-refractivity contribution in [2.24, 2.45) is 0 Å². The van der Waals surface area contributed by atoms with Crippen LogP contribution in [0.15, 0.2) is 82.0 Å². The number of nitrogens with one attached hydrogen (secondary N) is 1. The quantitative estimate of drug-likeness (QED) is 0.207. The Kier molecular flexibility index (Phi) is 8.02. The van der Waals surface area contributed by atoms with Crippen molar-refractivity contribution in [3.8, 4) is 0 Å². The maximum atomic E-state index is 13.3. The molecule has 5 rings (SSSR count). The summed E-state index contributed by atoms with van der Waals surface area (Å²) in [5.41, 5.74) is 1.08. The molecule has 3 aromatic carbocycles. The lowest BCUT2D eigenvalue weighted by molar-refractivity contribution is -0.193. The predicted molar refractivity (Wildman–Crippen MR) is 154 cm³/mol. The van der Waals surface area contributed by atoms with Crippen molar-refractivity contribution in [1.82, 2.24) is 0 Å². The SMILES string of the molecule is Cc1cc(C(C)Nc2ccccc2C(=O)OC(=O)C(F)(F)F)c2oc(N3CCC(O)(c4ccccc4)CC3)cc(=O)c2c1. The number of aryl methyl sites for hydroxylation is 1. The third-order valence-electron chi connectivity index (χ3n) is 7.60. The fourth-order valence-electron chi connectivity index (χ4n) is 5.33. The van der Waals surface area contributed by atoms with Crippen LogP contribution in [0.3, 0.4) is 0 Å². The number of carbonyl (C=O) groups is 2. The number of aliphatic hydroxyl groups is 1. The first-order valence-corrected chi connectivity index (χ1v) is 13.7. The first-order chi connectivity index (χ1) is 20.4. The van der Waals surface area contributed by atoms with E-state index in [4.69, 9.17) is 4.42 Å². The highest BCUT2D eigenvalue weighted by Gasteiger charge is 2.43. The van der Waals surface area contributed by atoms with Crippen molar-refractivity contribution >= 4 is 34.5 Å². The van der Waals surface area contributed by atoms with Gasteiger partial charge in [0.2, 0.25) is 0 Å². The third-order valence-corrected chi connectivity index (χ3v) is 7.60. The molecule has 1 fully saturated rings. The van der Waals surface area contributed by atoms with E-state index < -0.39 is 29.8 Å². The van der Waals surface area contributed by atoms with Gasteiger partial charge in [0.05, 0.1) is 22.6 Å². The number of rotatable bonds is 6. The number of fused-ring (bicyclic) bond motifs is 1. The minimum absolute atomic E-state index is 0.124. The predicted octanol–water partition coefficient (Wildman–Crippen LogP) is 6.01. The maximum Gasteiger partial charge on any atom is 0.491 e. The van der Waals surface area contributed by atoms with Crippen LogP contribution in [0.5, 0.6) is 0 Å². The van der Waals surface area contributed by atoms with Crippen LogP contribution in [-0.4, -0.2) is 36.3 Å². The van der Waals surface area contributed by atoms with Crippen molar-refractivity contribution in [2.75, 3.05) is 23.3 Å². The molecule has 2 heterocycles. The molecule has 4 aromatic rings. The van der Waals surface area contributed by atoms with Gasteiger partial charge in [-0.15, -0.1) is 0 Å². The smallest absolute Gasteiger partial charge is 0.440 e. The van der Waals surface area contributed by atoms with E-state index in [0.29, 0.717) is 48.3 Å². The van der Waals surface area contributed by atoms with Gasteiger partial charge in [-0.3, -0.25) is 4.79 Å². The summed E-state index contributed by atoms with van der Waals surface area (Å²) in [5, 5.41) is 14.7. The van der Waals surface area contributed by atoms with Gasteiger partial charge < -0.3 is 24.5 Å². The summed E-state index contributed by atoms with van der Waals surface area (Å²) < 4.78 is 48.3. The molecule has 0 radical (unpaired) electrons. The van der Waals surface area contributed by atoms with Gasteiger partial charge in [0.25, 0.3) is 0 Å². The molecule has 0 saturated carbocycles. The molecular formula is C32H29F3N2O6. The minimum atomic E-state index is -5.32. The van der Waals surface area contributed by atoms with E-state index in [2.05, 4.69) is 10.1 Å². The van der Waals surface area contributed by atoms with Gasteiger partial charge in [0.1, 0.15) is 5.58 Å². The summed E-state index contributed by atoms with van der Waals surface area (Å²) >= 11 is 0. The first-order valence-electron chi connectivity index (χ1n) is 13.7. The lowest BCUT2D eigenvalue weighted by Gasteiger charge is -2.38. The van der Waals surface area contributed by atoms with Crippen LogP contribution in [0, 0.1) is 6.92 Å². The van der Waals surface area contributed by atoms with Gasteiger partial charge in [0.15, 0.2) is 11.3 Å². The first kappa shape index (κ1) is 29.8. The van der Waals surface area contributed by atoms with Crippen LogP contribution in [0.1, 0.15) is 52.9 Å². The summed E-state index contributed by atoms with van der Waals surface area (Å²) in [6.07, 6.45) is -4.46. The molecule has 1 unspecified atom stereocenters. The lowest BCUT2D eigenvalue weighted by atomic mass is 9.84. The Labute approximate surface area is 244 Å². The molecule has 2 N–H and O–H groups in total. The molecule has 0 amide bonds.